The van der Waals surface area contributed by atoms with E-state index in [9.17, 15) is 8.78 Å². The first kappa shape index (κ1) is 12.2. The summed E-state index contributed by atoms with van der Waals surface area (Å²) in [5.41, 5.74) is 0.938. The molecule has 0 atom stereocenters. The molecule has 0 aliphatic rings. The first-order valence-corrected chi connectivity index (χ1v) is 4.39. The maximum Gasteiger partial charge on any atom is 0.254 e. The summed E-state index contributed by atoms with van der Waals surface area (Å²) in [5, 5.41) is 0. The number of nitrogens with zero attached hydrogens (tertiary/aromatic N) is 1. The minimum atomic E-state index is -1.04. The molecule has 0 saturated carbocycles. The number of pyridine rings is 1. The van der Waals surface area contributed by atoms with Gasteiger partial charge in [-0.25, -0.2) is 14.6 Å². The topological polar surface area (TPSA) is 60.2 Å². The lowest BCUT2D eigenvalue weighted by Crippen LogP contribution is -2.27. The number of hydrogen-bond acceptors (Lipinski definition) is 4. The fraction of sp³-hybridized carbons (Fsp3) is 0.300. The van der Waals surface area contributed by atoms with Crippen LogP contribution in [0.1, 0.15) is 13.8 Å². The molecule has 4 nitrogen and oxygen atoms in total. The average molecular weight is 227 g/mol. The van der Waals surface area contributed by atoms with Gasteiger partial charge in [-0.2, -0.15) is 4.98 Å². The van der Waals surface area contributed by atoms with Crippen molar-refractivity contribution < 1.29 is 13.5 Å². The van der Waals surface area contributed by atoms with E-state index in [1.807, 2.05) is 5.43 Å². The maximum atomic E-state index is 13.3. The Hall–Kier alpha value is -1.87. The average Bonchev–Trinajstić information content (AvgIpc) is 2.22. The molecule has 1 aromatic rings. The second kappa shape index (κ2) is 4.33. The van der Waals surface area contributed by atoms with Crippen molar-refractivity contribution in [1.29, 1.82) is 0 Å². The summed E-state index contributed by atoms with van der Waals surface area (Å²) in [4.78, 5) is 3.52. The summed E-state index contributed by atoms with van der Waals surface area (Å²) in [7, 11) is 0. The van der Waals surface area contributed by atoms with Crippen molar-refractivity contribution in [3.8, 4) is 18.2 Å². The Balaban J connectivity index is 3.11. The van der Waals surface area contributed by atoms with Crippen molar-refractivity contribution in [2.24, 2.45) is 5.84 Å². The Morgan fingerprint density at radius 1 is 1.50 bits per heavy atom. The molecular formula is C10H11F2N3O. The number of aromatic nitrogens is 1. The smallest absolute Gasteiger partial charge is 0.254 e. The summed E-state index contributed by atoms with van der Waals surface area (Å²) < 4.78 is 31.4. The molecule has 86 valence electrons. The van der Waals surface area contributed by atoms with Gasteiger partial charge in [-0.15, -0.1) is 6.42 Å². The molecule has 0 unspecified atom stereocenters. The van der Waals surface area contributed by atoms with E-state index in [2.05, 4.69) is 10.9 Å². The van der Waals surface area contributed by atoms with Gasteiger partial charge in [0.05, 0.1) is 0 Å². The third kappa shape index (κ3) is 2.58. The Labute approximate surface area is 91.8 Å². The Morgan fingerprint density at radius 2 is 2.12 bits per heavy atom. The van der Waals surface area contributed by atoms with Crippen LogP contribution < -0.4 is 16.0 Å². The lowest BCUT2D eigenvalue weighted by atomic mass is 10.1. The van der Waals surface area contributed by atoms with Gasteiger partial charge in [0.15, 0.2) is 23.1 Å². The van der Waals surface area contributed by atoms with E-state index in [1.165, 1.54) is 0 Å². The Bertz CT molecular complexity index is 440. The molecule has 0 radical (unpaired) electrons. The number of anilines is 1. The number of nitrogens with two attached hydrogens (primary N) is 1. The predicted molar refractivity (Wildman–Crippen MR) is 55.5 cm³/mol. The normalized spacial score (nSPS) is 10.8. The minimum absolute atomic E-state index is 0.316. The first-order valence-electron chi connectivity index (χ1n) is 4.39. The highest BCUT2D eigenvalue weighted by molar-refractivity contribution is 5.38. The van der Waals surface area contributed by atoms with Gasteiger partial charge in [0.2, 0.25) is 0 Å². The lowest BCUT2D eigenvalue weighted by Gasteiger charge is -2.19. The van der Waals surface area contributed by atoms with E-state index in [-0.39, 0.29) is 5.82 Å². The summed E-state index contributed by atoms with van der Waals surface area (Å²) in [6.07, 6.45) is 5.17. The largest absolute Gasteiger partial charge is 0.456 e. The van der Waals surface area contributed by atoms with E-state index in [4.69, 9.17) is 17.0 Å². The number of halogens is 2. The molecule has 3 N–H and O–H groups in total. The molecule has 1 heterocycles. The van der Waals surface area contributed by atoms with Crippen LogP contribution in [0.3, 0.4) is 0 Å². The van der Waals surface area contributed by atoms with Gasteiger partial charge in [-0.1, -0.05) is 5.92 Å². The summed E-state index contributed by atoms with van der Waals surface area (Å²) in [6.45, 7) is 3.10. The van der Waals surface area contributed by atoms with Gasteiger partial charge in [0.25, 0.3) is 5.88 Å². The van der Waals surface area contributed by atoms with Crippen molar-refractivity contribution in [2.45, 2.75) is 19.4 Å². The van der Waals surface area contributed by atoms with Crippen molar-refractivity contribution in [3.05, 3.63) is 17.7 Å². The highest BCUT2D eigenvalue weighted by atomic mass is 19.1. The molecule has 6 heteroatoms. The van der Waals surface area contributed by atoms with Gasteiger partial charge >= 0.3 is 0 Å². The molecule has 0 amide bonds. The zero-order chi connectivity index (χ0) is 12.3. The van der Waals surface area contributed by atoms with E-state index in [1.54, 1.807) is 13.8 Å². The molecule has 16 heavy (non-hydrogen) atoms. The van der Waals surface area contributed by atoms with E-state index >= 15 is 0 Å². The van der Waals surface area contributed by atoms with E-state index in [0.29, 0.717) is 6.07 Å². The van der Waals surface area contributed by atoms with Crippen LogP contribution in [0.15, 0.2) is 6.07 Å². The van der Waals surface area contributed by atoms with Crippen LogP contribution in [-0.4, -0.2) is 10.6 Å². The zero-order valence-electron chi connectivity index (χ0n) is 8.84. The highest BCUT2D eigenvalue weighted by Gasteiger charge is 2.21. The molecule has 0 aliphatic carbocycles. The summed E-state index contributed by atoms with van der Waals surface area (Å²) in [5.74, 6) is 4.71. The third-order valence-corrected chi connectivity index (χ3v) is 1.73. The lowest BCUT2D eigenvalue weighted by molar-refractivity contribution is 0.156. The van der Waals surface area contributed by atoms with Gasteiger partial charge in [0, 0.05) is 6.07 Å². The maximum absolute atomic E-state index is 13.3. The van der Waals surface area contributed by atoms with Crippen LogP contribution in [0.4, 0.5) is 14.6 Å². The van der Waals surface area contributed by atoms with Crippen molar-refractivity contribution in [3.63, 3.8) is 0 Å². The van der Waals surface area contributed by atoms with Gasteiger partial charge in [-0.3, -0.25) is 0 Å². The minimum Gasteiger partial charge on any atom is -0.456 e. The molecule has 1 aromatic heterocycles. The molecule has 0 aliphatic heterocycles. The van der Waals surface area contributed by atoms with Crippen molar-refractivity contribution >= 4 is 5.82 Å². The van der Waals surface area contributed by atoms with Gasteiger partial charge in [-0.05, 0) is 13.8 Å². The van der Waals surface area contributed by atoms with Crippen LogP contribution in [-0.2, 0) is 0 Å². The second-order valence-corrected chi connectivity index (χ2v) is 3.51. The van der Waals surface area contributed by atoms with Crippen LogP contribution >= 0.6 is 0 Å². The quantitative estimate of drug-likeness (QED) is 0.466. The number of ether oxygens (including phenoxy) is 1. The fourth-order valence-corrected chi connectivity index (χ4v) is 0.894. The Morgan fingerprint density at radius 3 is 2.62 bits per heavy atom. The summed E-state index contributed by atoms with van der Waals surface area (Å²) in [6, 6.07) is 0.615. The third-order valence-electron chi connectivity index (χ3n) is 1.73. The molecule has 0 spiro atoms. The molecule has 0 aromatic carbocycles. The number of nitrogens with one attached hydrogen (secondary N) is 1. The first-order chi connectivity index (χ1) is 7.39. The molecule has 0 bridgehead atoms. The van der Waals surface area contributed by atoms with Gasteiger partial charge in [0.1, 0.15) is 0 Å². The fourth-order valence-electron chi connectivity index (χ4n) is 0.894. The van der Waals surface area contributed by atoms with Crippen LogP contribution in [0.5, 0.6) is 5.88 Å². The highest BCUT2D eigenvalue weighted by Crippen LogP contribution is 2.23. The number of rotatable bonds is 3. The molecule has 0 fully saturated rings. The number of hydrazine groups is 1. The zero-order valence-corrected chi connectivity index (χ0v) is 8.84. The molecule has 0 saturated heterocycles. The molecule has 1 rings (SSSR count). The van der Waals surface area contributed by atoms with E-state index in [0.717, 1.165) is 0 Å². The second-order valence-electron chi connectivity index (χ2n) is 3.51. The number of nitrogen functional groups attached to an aromatic ring is 1. The predicted octanol–water partition coefficient (Wildman–Crippen LogP) is 1.44. The van der Waals surface area contributed by atoms with Crippen LogP contribution in [0, 0.1) is 24.0 Å². The van der Waals surface area contributed by atoms with Crippen molar-refractivity contribution in [2.75, 3.05) is 5.43 Å². The van der Waals surface area contributed by atoms with Crippen LogP contribution in [0.2, 0.25) is 0 Å². The number of hydrogen-bond donors (Lipinski definition) is 2. The number of terminal acetylenes is 1. The van der Waals surface area contributed by atoms with Crippen LogP contribution in [0.25, 0.3) is 0 Å². The summed E-state index contributed by atoms with van der Waals surface area (Å²) >= 11 is 0. The standard InChI is InChI=1S/C10H11F2N3O/c1-4-10(2,3)16-9-7(12)5-6(11)8(14-9)15-13/h1,5H,13H2,2-3H3,(H,14,15). The van der Waals surface area contributed by atoms with Crippen molar-refractivity contribution in [1.82, 2.24) is 4.98 Å². The van der Waals surface area contributed by atoms with E-state index < -0.39 is 23.1 Å². The molecular weight excluding hydrogens is 216 g/mol. The Kier molecular flexibility index (Phi) is 3.30. The SMILES string of the molecule is C#CC(C)(C)Oc1nc(NN)c(F)cc1F. The monoisotopic (exact) mass is 227 g/mol. The van der Waals surface area contributed by atoms with Gasteiger partial charge < -0.3 is 10.2 Å².